The van der Waals surface area contributed by atoms with Crippen molar-refractivity contribution in [2.45, 2.75) is 13.3 Å². The van der Waals surface area contributed by atoms with Crippen LogP contribution >= 0.6 is 0 Å². The molecule has 1 aliphatic heterocycles. The second-order valence-corrected chi connectivity index (χ2v) is 5.48. The third kappa shape index (κ3) is 3.36. The lowest BCUT2D eigenvalue weighted by Crippen LogP contribution is -2.29. The number of nitrogens with zero attached hydrogens (tertiary/aromatic N) is 5. The Morgan fingerprint density at radius 2 is 2.35 bits per heavy atom. The number of anilines is 1. The Hall–Kier alpha value is -1.89. The van der Waals surface area contributed by atoms with Crippen LogP contribution < -0.4 is 10.6 Å². The molecule has 0 aliphatic carbocycles. The Labute approximate surface area is 119 Å². The Kier molecular flexibility index (Phi) is 4.39. The summed E-state index contributed by atoms with van der Waals surface area (Å²) in [5, 5.41) is 11.7. The second kappa shape index (κ2) is 6.04. The van der Waals surface area contributed by atoms with E-state index in [0.717, 1.165) is 25.3 Å². The average molecular weight is 278 g/mol. The zero-order valence-electron chi connectivity index (χ0n) is 12.2. The van der Waals surface area contributed by atoms with Crippen LogP contribution in [-0.4, -0.2) is 59.6 Å². The van der Waals surface area contributed by atoms with Crippen LogP contribution in [0, 0.1) is 12.8 Å². The van der Waals surface area contributed by atoms with Crippen molar-refractivity contribution >= 4 is 11.8 Å². The van der Waals surface area contributed by atoms with Gasteiger partial charge in [0, 0.05) is 25.8 Å². The molecule has 0 aromatic carbocycles. The molecule has 0 radical (unpaired) electrons. The van der Waals surface area contributed by atoms with E-state index in [-0.39, 0.29) is 5.84 Å². The van der Waals surface area contributed by atoms with Gasteiger partial charge in [0.25, 0.3) is 0 Å². The number of amidine groups is 1. The highest BCUT2D eigenvalue weighted by Crippen LogP contribution is 2.17. The molecule has 1 unspecified atom stereocenters. The average Bonchev–Trinajstić information content (AvgIpc) is 2.82. The molecule has 2 heterocycles. The fourth-order valence-corrected chi connectivity index (χ4v) is 2.55. The predicted octanol–water partition coefficient (Wildman–Crippen LogP) is 0.267. The molecule has 110 valence electrons. The quantitative estimate of drug-likeness (QED) is 0.355. The van der Waals surface area contributed by atoms with Crippen molar-refractivity contribution in [3.05, 3.63) is 17.5 Å². The van der Waals surface area contributed by atoms with Crippen LogP contribution in [0.4, 0.5) is 5.95 Å². The molecule has 0 bridgehead atoms. The lowest BCUT2D eigenvalue weighted by atomic mass is 10.1. The summed E-state index contributed by atoms with van der Waals surface area (Å²) in [6, 6.07) is 1.70. The first-order valence-corrected chi connectivity index (χ1v) is 6.73. The van der Waals surface area contributed by atoms with E-state index < -0.39 is 0 Å². The van der Waals surface area contributed by atoms with Crippen molar-refractivity contribution in [3.63, 3.8) is 0 Å². The zero-order valence-corrected chi connectivity index (χ0v) is 12.2. The summed E-state index contributed by atoms with van der Waals surface area (Å²) in [5.74, 6) is 1.24. The molecule has 2 rings (SSSR count). The van der Waals surface area contributed by atoms with E-state index >= 15 is 0 Å². The van der Waals surface area contributed by atoms with Crippen LogP contribution in [0.2, 0.25) is 0 Å². The van der Waals surface area contributed by atoms with Crippen molar-refractivity contribution in [1.82, 2.24) is 14.9 Å². The van der Waals surface area contributed by atoms with Crippen molar-refractivity contribution in [2.24, 2.45) is 16.8 Å². The first-order chi connectivity index (χ1) is 9.49. The molecule has 0 amide bonds. The predicted molar refractivity (Wildman–Crippen MR) is 78.2 cm³/mol. The summed E-state index contributed by atoms with van der Waals surface area (Å²) < 4.78 is 0. The number of oxime groups is 1. The monoisotopic (exact) mass is 278 g/mol. The van der Waals surface area contributed by atoms with Crippen LogP contribution in [0.3, 0.4) is 0 Å². The van der Waals surface area contributed by atoms with Gasteiger partial charge in [0.05, 0.1) is 0 Å². The van der Waals surface area contributed by atoms with Crippen LogP contribution in [0.5, 0.6) is 0 Å². The van der Waals surface area contributed by atoms with E-state index in [4.69, 9.17) is 10.9 Å². The van der Waals surface area contributed by atoms with E-state index in [2.05, 4.69) is 27.1 Å². The highest BCUT2D eigenvalue weighted by atomic mass is 16.4. The molecule has 1 atom stereocenters. The molecule has 7 nitrogen and oxygen atoms in total. The molecule has 20 heavy (non-hydrogen) atoms. The molecule has 1 aromatic rings. The van der Waals surface area contributed by atoms with Crippen molar-refractivity contribution in [3.8, 4) is 0 Å². The van der Waals surface area contributed by atoms with Crippen LogP contribution in [0.15, 0.2) is 11.2 Å². The largest absolute Gasteiger partial charge is 0.409 e. The number of nitrogens with two attached hydrogens (primary N) is 1. The van der Waals surface area contributed by atoms with Gasteiger partial charge >= 0.3 is 0 Å². The third-order valence-corrected chi connectivity index (χ3v) is 3.58. The van der Waals surface area contributed by atoms with Gasteiger partial charge < -0.3 is 20.7 Å². The van der Waals surface area contributed by atoms with Gasteiger partial charge in [0.2, 0.25) is 5.95 Å². The number of hydrogen-bond acceptors (Lipinski definition) is 6. The SMILES string of the molecule is Cc1cc(/C(N)=N/O)nc(N(C)CC2CCN(C)C2)n1. The van der Waals surface area contributed by atoms with E-state index in [0.29, 0.717) is 17.6 Å². The summed E-state index contributed by atoms with van der Waals surface area (Å²) in [7, 11) is 4.11. The van der Waals surface area contributed by atoms with Gasteiger partial charge in [-0.1, -0.05) is 5.16 Å². The number of hydrogen-bond donors (Lipinski definition) is 2. The summed E-state index contributed by atoms with van der Waals surface area (Å²) in [4.78, 5) is 13.1. The Morgan fingerprint density at radius 1 is 1.60 bits per heavy atom. The standard InChI is InChI=1S/C13H22N6O/c1-9-6-11(12(14)17-20)16-13(15-9)19(3)8-10-4-5-18(2)7-10/h6,10,20H,4-5,7-8H2,1-3H3,(H2,14,17). The molecule has 1 saturated heterocycles. The van der Waals surface area contributed by atoms with Gasteiger partial charge in [-0.3, -0.25) is 0 Å². The summed E-state index contributed by atoms with van der Waals surface area (Å²) in [5.41, 5.74) is 6.85. The van der Waals surface area contributed by atoms with Crippen LogP contribution in [0.1, 0.15) is 17.8 Å². The molecule has 1 aromatic heterocycles. The molecule has 1 fully saturated rings. The fourth-order valence-electron chi connectivity index (χ4n) is 2.55. The number of aromatic nitrogens is 2. The van der Waals surface area contributed by atoms with E-state index in [1.165, 1.54) is 6.42 Å². The summed E-state index contributed by atoms with van der Waals surface area (Å²) in [6.45, 7) is 5.02. The van der Waals surface area contributed by atoms with Crippen LogP contribution in [-0.2, 0) is 0 Å². The van der Waals surface area contributed by atoms with Gasteiger partial charge in [-0.15, -0.1) is 0 Å². The Morgan fingerprint density at radius 3 is 2.95 bits per heavy atom. The van der Waals surface area contributed by atoms with Gasteiger partial charge in [0.15, 0.2) is 5.84 Å². The van der Waals surface area contributed by atoms with Gasteiger partial charge in [-0.05, 0) is 38.9 Å². The fraction of sp³-hybridized carbons (Fsp3) is 0.615. The van der Waals surface area contributed by atoms with E-state index in [1.807, 2.05) is 18.9 Å². The summed E-state index contributed by atoms with van der Waals surface area (Å²) in [6.07, 6.45) is 1.19. The smallest absolute Gasteiger partial charge is 0.225 e. The minimum Gasteiger partial charge on any atom is -0.409 e. The second-order valence-electron chi connectivity index (χ2n) is 5.48. The minimum atomic E-state index is 0.00532. The van der Waals surface area contributed by atoms with Crippen LogP contribution in [0.25, 0.3) is 0 Å². The van der Waals surface area contributed by atoms with E-state index in [1.54, 1.807) is 6.07 Å². The molecule has 1 aliphatic rings. The number of rotatable bonds is 4. The molecule has 3 N–H and O–H groups in total. The molecule has 0 spiro atoms. The molecular weight excluding hydrogens is 256 g/mol. The minimum absolute atomic E-state index is 0.00532. The third-order valence-electron chi connectivity index (χ3n) is 3.58. The number of likely N-dealkylation sites (tertiary alicyclic amines) is 1. The first-order valence-electron chi connectivity index (χ1n) is 6.73. The van der Waals surface area contributed by atoms with Crippen molar-refractivity contribution in [2.75, 3.05) is 38.6 Å². The Bertz CT molecular complexity index is 504. The molecular formula is C13H22N6O. The maximum Gasteiger partial charge on any atom is 0.225 e. The lowest BCUT2D eigenvalue weighted by molar-refractivity contribution is 0.318. The maximum absolute atomic E-state index is 8.75. The highest BCUT2D eigenvalue weighted by Gasteiger charge is 2.22. The van der Waals surface area contributed by atoms with Crippen molar-refractivity contribution < 1.29 is 5.21 Å². The molecule has 7 heteroatoms. The van der Waals surface area contributed by atoms with E-state index in [9.17, 15) is 0 Å². The van der Waals surface area contributed by atoms with Gasteiger partial charge in [-0.2, -0.15) is 0 Å². The topological polar surface area (TPSA) is 90.9 Å². The van der Waals surface area contributed by atoms with Gasteiger partial charge in [0.1, 0.15) is 5.69 Å². The van der Waals surface area contributed by atoms with Gasteiger partial charge in [-0.25, -0.2) is 9.97 Å². The lowest BCUT2D eigenvalue weighted by Gasteiger charge is -2.21. The zero-order chi connectivity index (χ0) is 14.7. The maximum atomic E-state index is 8.75. The Balaban J connectivity index is 2.13. The normalized spacial score (nSPS) is 20.4. The number of aryl methyl sites for hydroxylation is 1. The summed E-state index contributed by atoms with van der Waals surface area (Å²) >= 11 is 0. The first kappa shape index (κ1) is 14.5. The highest BCUT2D eigenvalue weighted by molar-refractivity contribution is 5.95. The van der Waals surface area contributed by atoms with Crippen molar-refractivity contribution in [1.29, 1.82) is 0 Å². The molecule has 0 saturated carbocycles.